The summed E-state index contributed by atoms with van der Waals surface area (Å²) in [5.41, 5.74) is 0. The van der Waals surface area contributed by atoms with E-state index in [9.17, 15) is 4.79 Å². The molecule has 11 heavy (non-hydrogen) atoms. The van der Waals surface area contributed by atoms with Crippen molar-refractivity contribution in [3.8, 4) is 0 Å². The van der Waals surface area contributed by atoms with Gasteiger partial charge in [-0.2, -0.15) is 0 Å². The van der Waals surface area contributed by atoms with Crippen molar-refractivity contribution < 1.29 is 4.79 Å². The number of amides is 1. The van der Waals surface area contributed by atoms with E-state index in [1.54, 1.807) is 0 Å². The van der Waals surface area contributed by atoms with Gasteiger partial charge < -0.3 is 4.90 Å². The predicted molar refractivity (Wildman–Crippen MR) is 46.5 cm³/mol. The van der Waals surface area contributed by atoms with Crippen molar-refractivity contribution in [2.24, 2.45) is 5.92 Å². The van der Waals surface area contributed by atoms with Crippen LogP contribution in [-0.4, -0.2) is 28.7 Å². The topological polar surface area (TPSA) is 20.3 Å². The lowest BCUT2D eigenvalue weighted by Crippen LogP contribution is -2.35. The van der Waals surface area contributed by atoms with E-state index in [4.69, 9.17) is 0 Å². The molecular weight excluding hydrogens is 206 g/mol. The van der Waals surface area contributed by atoms with Gasteiger partial charge in [0.05, 0.1) is 12.0 Å². The van der Waals surface area contributed by atoms with Crippen LogP contribution in [-0.2, 0) is 4.79 Å². The fraction of sp³-hybridized carbons (Fsp3) is 0.625. The molecule has 1 saturated heterocycles. The van der Waals surface area contributed by atoms with Crippen molar-refractivity contribution in [3.05, 3.63) is 12.2 Å². The quantitative estimate of drug-likeness (QED) is 0.501. The number of alkyl halides is 1. The lowest BCUT2D eigenvalue weighted by atomic mass is 10.1. The zero-order valence-corrected chi connectivity index (χ0v) is 7.75. The Kier molecular flexibility index (Phi) is 1.75. The minimum Gasteiger partial charge on any atom is -0.335 e. The molecule has 0 N–H and O–H groups in total. The molecule has 0 aromatic rings. The Morgan fingerprint density at radius 3 is 3.00 bits per heavy atom. The minimum absolute atomic E-state index is 0.207. The second-order valence-corrected chi connectivity index (χ2v) is 3.81. The average Bonchev–Trinajstić information content (AvgIpc) is 2.54. The average molecular weight is 216 g/mol. The maximum atomic E-state index is 11.4. The standard InChI is InChI=1S/C8H10BrNO/c9-3-4-10-7-2-1-6(5-7)8(10)11/h1-2,6-7H,3-5H2. The number of rotatable bonds is 2. The zero-order valence-electron chi connectivity index (χ0n) is 6.16. The number of hydrogen-bond donors (Lipinski definition) is 0. The molecule has 2 nitrogen and oxygen atoms in total. The molecule has 0 spiro atoms. The van der Waals surface area contributed by atoms with Crippen LogP contribution in [0.15, 0.2) is 12.2 Å². The highest BCUT2D eigenvalue weighted by Crippen LogP contribution is 2.32. The largest absolute Gasteiger partial charge is 0.335 e. The van der Waals surface area contributed by atoms with Crippen LogP contribution in [0.25, 0.3) is 0 Å². The molecule has 2 atom stereocenters. The van der Waals surface area contributed by atoms with Crippen LogP contribution < -0.4 is 0 Å². The first-order valence-electron chi connectivity index (χ1n) is 3.87. The van der Waals surface area contributed by atoms with E-state index in [1.165, 1.54) is 0 Å². The Morgan fingerprint density at radius 1 is 1.64 bits per heavy atom. The van der Waals surface area contributed by atoms with Gasteiger partial charge in [0.15, 0.2) is 0 Å². The number of carbonyl (C=O) groups is 1. The lowest BCUT2D eigenvalue weighted by Gasteiger charge is -2.22. The molecule has 0 aromatic heterocycles. The molecule has 1 aliphatic heterocycles. The fourth-order valence-electron chi connectivity index (χ4n) is 1.84. The monoisotopic (exact) mass is 215 g/mol. The maximum Gasteiger partial charge on any atom is 0.230 e. The Labute approximate surface area is 74.4 Å². The molecule has 1 amide bonds. The zero-order chi connectivity index (χ0) is 7.84. The van der Waals surface area contributed by atoms with E-state index in [-0.39, 0.29) is 5.92 Å². The molecule has 3 heteroatoms. The van der Waals surface area contributed by atoms with Crippen molar-refractivity contribution in [1.29, 1.82) is 0 Å². The van der Waals surface area contributed by atoms with Crippen LogP contribution in [0.4, 0.5) is 0 Å². The van der Waals surface area contributed by atoms with Crippen LogP contribution >= 0.6 is 15.9 Å². The molecule has 0 saturated carbocycles. The second-order valence-electron chi connectivity index (χ2n) is 3.02. The summed E-state index contributed by atoms with van der Waals surface area (Å²) in [6.07, 6.45) is 5.21. The van der Waals surface area contributed by atoms with Gasteiger partial charge in [0.2, 0.25) is 5.91 Å². The number of fused-ring (bicyclic) bond motifs is 2. The predicted octanol–water partition coefficient (Wildman–Crippen LogP) is 1.17. The first-order chi connectivity index (χ1) is 5.33. The van der Waals surface area contributed by atoms with Gasteiger partial charge in [0.1, 0.15) is 0 Å². The first-order valence-corrected chi connectivity index (χ1v) is 5.00. The number of nitrogens with zero attached hydrogens (tertiary/aromatic N) is 1. The van der Waals surface area contributed by atoms with Crippen molar-refractivity contribution in [3.63, 3.8) is 0 Å². The molecule has 2 bridgehead atoms. The van der Waals surface area contributed by atoms with Crippen molar-refractivity contribution in [2.75, 3.05) is 11.9 Å². The normalized spacial score (nSPS) is 33.9. The van der Waals surface area contributed by atoms with E-state index >= 15 is 0 Å². The summed E-state index contributed by atoms with van der Waals surface area (Å²) in [5, 5.41) is 0.885. The maximum absolute atomic E-state index is 11.4. The summed E-state index contributed by atoms with van der Waals surface area (Å²) in [4.78, 5) is 13.4. The molecule has 2 unspecified atom stereocenters. The van der Waals surface area contributed by atoms with Crippen LogP contribution in [0.3, 0.4) is 0 Å². The van der Waals surface area contributed by atoms with E-state index < -0.39 is 0 Å². The van der Waals surface area contributed by atoms with Crippen LogP contribution in [0.2, 0.25) is 0 Å². The molecule has 60 valence electrons. The van der Waals surface area contributed by atoms with Crippen LogP contribution in [0.1, 0.15) is 6.42 Å². The smallest absolute Gasteiger partial charge is 0.230 e. The van der Waals surface area contributed by atoms with Gasteiger partial charge in [-0.15, -0.1) is 0 Å². The summed E-state index contributed by atoms with van der Waals surface area (Å²) >= 11 is 3.34. The number of hydrogen-bond acceptors (Lipinski definition) is 1. The summed E-state index contributed by atoms with van der Waals surface area (Å²) < 4.78 is 0. The van der Waals surface area contributed by atoms with Gasteiger partial charge in [-0.05, 0) is 6.42 Å². The second kappa shape index (κ2) is 2.63. The van der Waals surface area contributed by atoms with Crippen LogP contribution in [0, 0.1) is 5.92 Å². The van der Waals surface area contributed by atoms with Crippen LogP contribution in [0.5, 0.6) is 0 Å². The number of likely N-dealkylation sites (tertiary alicyclic amines) is 1. The third kappa shape index (κ3) is 1.02. The Morgan fingerprint density at radius 2 is 2.45 bits per heavy atom. The molecule has 1 heterocycles. The minimum atomic E-state index is 0.207. The van der Waals surface area contributed by atoms with Gasteiger partial charge >= 0.3 is 0 Å². The Bertz CT molecular complexity index is 214. The lowest BCUT2D eigenvalue weighted by molar-refractivity contribution is -0.130. The molecule has 2 rings (SSSR count). The molecule has 1 fully saturated rings. The van der Waals surface area contributed by atoms with Gasteiger partial charge in [-0.1, -0.05) is 28.1 Å². The van der Waals surface area contributed by atoms with Crippen molar-refractivity contribution in [2.45, 2.75) is 12.5 Å². The molecular formula is C8H10BrNO. The molecule has 2 aliphatic rings. The Hall–Kier alpha value is -0.310. The third-order valence-electron chi connectivity index (χ3n) is 2.39. The van der Waals surface area contributed by atoms with Crippen molar-refractivity contribution in [1.82, 2.24) is 4.90 Å². The highest BCUT2D eigenvalue weighted by molar-refractivity contribution is 9.09. The fourth-order valence-corrected chi connectivity index (χ4v) is 2.22. The van der Waals surface area contributed by atoms with Gasteiger partial charge in [-0.25, -0.2) is 0 Å². The molecule has 0 aromatic carbocycles. The summed E-state index contributed by atoms with van der Waals surface area (Å²) in [6.45, 7) is 0.852. The summed E-state index contributed by atoms with van der Waals surface area (Å²) in [7, 11) is 0. The SMILES string of the molecule is O=C1C2C=CC(C2)N1CCBr. The molecule has 1 aliphatic carbocycles. The van der Waals surface area contributed by atoms with E-state index in [0.29, 0.717) is 11.9 Å². The number of halogens is 1. The molecule has 0 radical (unpaired) electrons. The highest BCUT2D eigenvalue weighted by Gasteiger charge is 2.39. The third-order valence-corrected chi connectivity index (χ3v) is 2.74. The summed E-state index contributed by atoms with van der Waals surface area (Å²) in [5.74, 6) is 0.524. The van der Waals surface area contributed by atoms with Gasteiger partial charge in [-0.3, -0.25) is 4.79 Å². The van der Waals surface area contributed by atoms with Gasteiger partial charge in [0, 0.05) is 11.9 Å². The number of carbonyl (C=O) groups excluding carboxylic acids is 1. The van der Waals surface area contributed by atoms with E-state index in [1.807, 2.05) is 11.0 Å². The summed E-state index contributed by atoms with van der Waals surface area (Å²) in [6, 6.07) is 0.407. The van der Waals surface area contributed by atoms with Crippen molar-refractivity contribution >= 4 is 21.8 Å². The first kappa shape index (κ1) is 7.35. The van der Waals surface area contributed by atoms with E-state index in [2.05, 4.69) is 22.0 Å². The van der Waals surface area contributed by atoms with E-state index in [0.717, 1.165) is 18.3 Å². The Balaban J connectivity index is 2.12. The van der Waals surface area contributed by atoms with Gasteiger partial charge in [0.25, 0.3) is 0 Å². The highest BCUT2D eigenvalue weighted by atomic mass is 79.9.